The second-order valence-corrected chi connectivity index (χ2v) is 6.91. The van der Waals surface area contributed by atoms with Crippen LogP contribution in [-0.2, 0) is 25.7 Å². The molecule has 2 aliphatic rings. The summed E-state index contributed by atoms with van der Waals surface area (Å²) in [6, 6.07) is 9.46. The van der Waals surface area contributed by atoms with Crippen molar-refractivity contribution in [3.8, 4) is 11.3 Å². The zero-order chi connectivity index (χ0) is 18.8. The van der Waals surface area contributed by atoms with Crippen LogP contribution in [0.15, 0.2) is 40.9 Å². The van der Waals surface area contributed by atoms with Gasteiger partial charge in [0.15, 0.2) is 12.4 Å². The highest BCUT2D eigenvalue weighted by atomic mass is 16.5. The summed E-state index contributed by atoms with van der Waals surface area (Å²) in [5.41, 5.74) is 0.874. The maximum atomic E-state index is 12.4. The van der Waals surface area contributed by atoms with E-state index in [2.05, 4.69) is 4.98 Å². The van der Waals surface area contributed by atoms with Gasteiger partial charge < -0.3 is 9.15 Å². The molecule has 0 unspecified atom stereocenters. The van der Waals surface area contributed by atoms with E-state index in [4.69, 9.17) is 9.15 Å². The lowest BCUT2D eigenvalue weighted by molar-refractivity contribution is -0.154. The Morgan fingerprint density at radius 1 is 1.11 bits per heavy atom. The molecule has 2 amide bonds. The molecule has 0 radical (unpaired) electrons. The molecule has 2 aromatic rings. The van der Waals surface area contributed by atoms with Gasteiger partial charge in [0.1, 0.15) is 6.54 Å². The molecule has 1 aromatic heterocycles. The fraction of sp³-hybridized carbons (Fsp3) is 0.400. The first kappa shape index (κ1) is 17.5. The van der Waals surface area contributed by atoms with E-state index in [0.29, 0.717) is 5.76 Å². The number of ether oxygens (including phenoxy) is 1. The Morgan fingerprint density at radius 3 is 2.44 bits per heavy atom. The van der Waals surface area contributed by atoms with Crippen LogP contribution in [-0.4, -0.2) is 34.2 Å². The number of imide groups is 1. The molecule has 2 fully saturated rings. The first-order valence-electron chi connectivity index (χ1n) is 9.14. The van der Waals surface area contributed by atoms with Gasteiger partial charge in [-0.1, -0.05) is 43.2 Å². The molecule has 27 heavy (non-hydrogen) atoms. The van der Waals surface area contributed by atoms with Crippen LogP contribution in [0.2, 0.25) is 0 Å². The summed E-state index contributed by atoms with van der Waals surface area (Å²) in [6.45, 7) is -0.494. The minimum absolute atomic E-state index is 0.144. The minimum atomic E-state index is -0.644. The molecule has 0 N–H and O–H groups in total. The van der Waals surface area contributed by atoms with Gasteiger partial charge in [0, 0.05) is 5.56 Å². The second-order valence-electron chi connectivity index (χ2n) is 6.91. The maximum Gasteiger partial charge on any atom is 0.326 e. The van der Waals surface area contributed by atoms with Gasteiger partial charge in [0.2, 0.25) is 17.7 Å². The number of hydrogen-bond acceptors (Lipinski definition) is 6. The number of likely N-dealkylation sites (tertiary alicyclic amines) is 1. The van der Waals surface area contributed by atoms with Crippen LogP contribution in [0.1, 0.15) is 31.6 Å². The number of carbonyl (C=O) groups is 3. The Balaban J connectivity index is 1.33. The van der Waals surface area contributed by atoms with Crippen molar-refractivity contribution in [1.29, 1.82) is 0 Å². The number of carbonyl (C=O) groups excluding carboxylic acids is 3. The fourth-order valence-corrected chi connectivity index (χ4v) is 3.82. The lowest BCUT2D eigenvalue weighted by Crippen LogP contribution is -2.36. The SMILES string of the molecule is O=C(CN1C(=O)[C@H]2CCCC[C@@H]2C1=O)OCc1ncc(-c2ccccc2)o1. The van der Waals surface area contributed by atoms with Gasteiger partial charge in [0.25, 0.3) is 0 Å². The van der Waals surface area contributed by atoms with Gasteiger partial charge in [-0.3, -0.25) is 19.3 Å². The predicted molar refractivity (Wildman–Crippen MR) is 93.9 cm³/mol. The molecule has 2 heterocycles. The molecule has 1 aliphatic carbocycles. The highest BCUT2D eigenvalue weighted by Gasteiger charge is 2.48. The van der Waals surface area contributed by atoms with Crippen molar-refractivity contribution in [2.24, 2.45) is 11.8 Å². The van der Waals surface area contributed by atoms with Crippen molar-refractivity contribution >= 4 is 17.8 Å². The van der Waals surface area contributed by atoms with Crippen LogP contribution in [0.5, 0.6) is 0 Å². The van der Waals surface area contributed by atoms with Crippen molar-refractivity contribution < 1.29 is 23.5 Å². The molecule has 1 saturated carbocycles. The van der Waals surface area contributed by atoms with Gasteiger partial charge in [-0.25, -0.2) is 4.98 Å². The average Bonchev–Trinajstić information content (AvgIpc) is 3.27. The number of amides is 2. The van der Waals surface area contributed by atoms with Gasteiger partial charge in [-0.05, 0) is 12.8 Å². The molecular formula is C20H20N2O5. The van der Waals surface area contributed by atoms with Gasteiger partial charge in [-0.2, -0.15) is 0 Å². The van der Waals surface area contributed by atoms with E-state index in [9.17, 15) is 14.4 Å². The van der Waals surface area contributed by atoms with E-state index in [1.165, 1.54) is 0 Å². The van der Waals surface area contributed by atoms with Gasteiger partial charge >= 0.3 is 5.97 Å². The van der Waals surface area contributed by atoms with Crippen LogP contribution in [0.4, 0.5) is 0 Å². The largest absolute Gasteiger partial charge is 0.454 e. The lowest BCUT2D eigenvalue weighted by atomic mass is 9.81. The highest BCUT2D eigenvalue weighted by molar-refractivity contribution is 6.07. The summed E-state index contributed by atoms with van der Waals surface area (Å²) in [7, 11) is 0. The van der Waals surface area contributed by atoms with E-state index >= 15 is 0 Å². The number of rotatable bonds is 5. The van der Waals surface area contributed by atoms with Crippen LogP contribution < -0.4 is 0 Å². The van der Waals surface area contributed by atoms with Crippen LogP contribution in [0, 0.1) is 11.8 Å². The Morgan fingerprint density at radius 2 is 1.78 bits per heavy atom. The summed E-state index contributed by atoms with van der Waals surface area (Å²) in [5, 5.41) is 0. The smallest absolute Gasteiger partial charge is 0.326 e. The predicted octanol–water partition coefficient (Wildman–Crippen LogP) is 2.56. The third-order valence-electron chi connectivity index (χ3n) is 5.19. The van der Waals surface area contributed by atoms with Gasteiger partial charge in [0.05, 0.1) is 18.0 Å². The van der Waals surface area contributed by atoms with Crippen LogP contribution in [0.25, 0.3) is 11.3 Å². The molecule has 2 atom stereocenters. The molecule has 0 bridgehead atoms. The molecule has 4 rings (SSSR count). The molecule has 1 aliphatic heterocycles. The quantitative estimate of drug-likeness (QED) is 0.595. The zero-order valence-electron chi connectivity index (χ0n) is 14.8. The Kier molecular flexibility index (Phi) is 4.75. The summed E-state index contributed by atoms with van der Waals surface area (Å²) >= 11 is 0. The topological polar surface area (TPSA) is 89.7 Å². The number of aromatic nitrogens is 1. The molecule has 1 aromatic carbocycles. The monoisotopic (exact) mass is 368 g/mol. The number of oxazole rings is 1. The normalized spacial score (nSPS) is 22.0. The number of hydrogen-bond donors (Lipinski definition) is 0. The number of benzene rings is 1. The van der Waals surface area contributed by atoms with E-state index in [1.807, 2.05) is 30.3 Å². The van der Waals surface area contributed by atoms with Crippen molar-refractivity contribution in [3.63, 3.8) is 0 Å². The van der Waals surface area contributed by atoms with Crippen LogP contribution in [0.3, 0.4) is 0 Å². The van der Waals surface area contributed by atoms with Crippen LogP contribution >= 0.6 is 0 Å². The average molecular weight is 368 g/mol. The number of nitrogens with zero attached hydrogens (tertiary/aromatic N) is 2. The molecule has 0 spiro atoms. The Labute approximate surface area is 156 Å². The summed E-state index contributed by atoms with van der Waals surface area (Å²) in [5.74, 6) is -0.827. The fourth-order valence-electron chi connectivity index (χ4n) is 3.82. The summed E-state index contributed by atoms with van der Waals surface area (Å²) in [6.07, 6.45) is 4.91. The van der Waals surface area contributed by atoms with Crippen molar-refractivity contribution in [2.75, 3.05) is 6.54 Å². The van der Waals surface area contributed by atoms with E-state index in [-0.39, 0.29) is 42.7 Å². The summed E-state index contributed by atoms with van der Waals surface area (Å²) in [4.78, 5) is 42.0. The van der Waals surface area contributed by atoms with Gasteiger partial charge in [-0.15, -0.1) is 0 Å². The molecule has 1 saturated heterocycles. The zero-order valence-corrected chi connectivity index (χ0v) is 14.8. The summed E-state index contributed by atoms with van der Waals surface area (Å²) < 4.78 is 10.7. The molecular weight excluding hydrogens is 348 g/mol. The third-order valence-corrected chi connectivity index (χ3v) is 5.19. The van der Waals surface area contributed by atoms with Crippen molar-refractivity contribution in [1.82, 2.24) is 9.88 Å². The first-order valence-corrected chi connectivity index (χ1v) is 9.14. The Bertz CT molecular complexity index is 836. The Hall–Kier alpha value is -2.96. The second kappa shape index (κ2) is 7.34. The molecule has 140 valence electrons. The first-order chi connectivity index (χ1) is 13.1. The van der Waals surface area contributed by atoms with E-state index in [0.717, 1.165) is 36.1 Å². The third kappa shape index (κ3) is 3.49. The number of fused-ring (bicyclic) bond motifs is 1. The molecule has 7 nitrogen and oxygen atoms in total. The maximum absolute atomic E-state index is 12.4. The molecule has 7 heteroatoms. The minimum Gasteiger partial charge on any atom is -0.454 e. The number of esters is 1. The van der Waals surface area contributed by atoms with Crippen molar-refractivity contribution in [3.05, 3.63) is 42.4 Å². The van der Waals surface area contributed by atoms with E-state index in [1.54, 1.807) is 6.20 Å². The lowest BCUT2D eigenvalue weighted by Gasteiger charge is -2.19. The standard InChI is InChI=1S/C20H20N2O5/c23-18(11-22-19(24)14-8-4-5-9-15(14)20(22)25)26-12-17-21-10-16(27-17)13-6-2-1-3-7-13/h1-3,6-7,10,14-15H,4-5,8-9,11-12H2/t14-,15-/m0/s1. The van der Waals surface area contributed by atoms with Crippen molar-refractivity contribution in [2.45, 2.75) is 32.3 Å². The highest BCUT2D eigenvalue weighted by Crippen LogP contribution is 2.37. The van der Waals surface area contributed by atoms with E-state index < -0.39 is 5.97 Å².